The number of hydrogen-bond acceptors (Lipinski definition) is 2. The Morgan fingerprint density at radius 1 is 0.964 bits per heavy atom. The molecule has 3 aromatic carbocycles. The fourth-order valence-electron chi connectivity index (χ4n) is 3.19. The van der Waals surface area contributed by atoms with E-state index >= 15 is 0 Å². The minimum absolute atomic E-state index is 0.170. The van der Waals surface area contributed by atoms with Crippen molar-refractivity contribution in [2.24, 2.45) is 5.73 Å². The van der Waals surface area contributed by atoms with Gasteiger partial charge in [0, 0.05) is 22.4 Å². The standard InChI is InChI=1S/C23H16ClFN2O/c24-13-14-6-8-16(9-7-14)22-18(15-4-2-1-3-5-15)10-17-11-20(25)19(23(26)28)12-21(17)27-22/h1-12H,13H2,(H2,26,28). The molecule has 0 atom stereocenters. The second kappa shape index (κ2) is 7.41. The summed E-state index contributed by atoms with van der Waals surface area (Å²) in [7, 11) is 0. The Hall–Kier alpha value is -3.24. The predicted octanol–water partition coefficient (Wildman–Crippen LogP) is 5.55. The third-order valence-corrected chi connectivity index (χ3v) is 4.94. The number of benzene rings is 3. The molecule has 5 heteroatoms. The van der Waals surface area contributed by atoms with E-state index in [2.05, 4.69) is 0 Å². The van der Waals surface area contributed by atoms with Crippen molar-refractivity contribution in [2.45, 2.75) is 5.88 Å². The zero-order chi connectivity index (χ0) is 19.7. The maximum absolute atomic E-state index is 14.3. The summed E-state index contributed by atoms with van der Waals surface area (Å²) in [6, 6.07) is 22.2. The Labute approximate surface area is 166 Å². The lowest BCUT2D eigenvalue weighted by Crippen LogP contribution is -2.13. The summed E-state index contributed by atoms with van der Waals surface area (Å²) in [6.45, 7) is 0. The molecule has 0 aliphatic rings. The number of halogens is 2. The van der Waals surface area contributed by atoms with Gasteiger partial charge < -0.3 is 5.73 Å². The van der Waals surface area contributed by atoms with Gasteiger partial charge in [0.15, 0.2) is 0 Å². The van der Waals surface area contributed by atoms with E-state index < -0.39 is 11.7 Å². The highest BCUT2D eigenvalue weighted by atomic mass is 35.5. The van der Waals surface area contributed by atoms with Gasteiger partial charge >= 0.3 is 0 Å². The zero-order valence-corrected chi connectivity index (χ0v) is 15.6. The second-order valence-electron chi connectivity index (χ2n) is 6.47. The lowest BCUT2D eigenvalue weighted by Gasteiger charge is -2.13. The topological polar surface area (TPSA) is 56.0 Å². The molecule has 138 valence electrons. The van der Waals surface area contributed by atoms with Gasteiger partial charge in [-0.25, -0.2) is 9.37 Å². The van der Waals surface area contributed by atoms with Crippen LogP contribution in [0.2, 0.25) is 0 Å². The molecule has 0 spiro atoms. The predicted molar refractivity (Wildman–Crippen MR) is 111 cm³/mol. The summed E-state index contributed by atoms with van der Waals surface area (Å²) < 4.78 is 14.3. The van der Waals surface area contributed by atoms with E-state index in [4.69, 9.17) is 22.3 Å². The molecular weight excluding hydrogens is 375 g/mol. The molecule has 0 unspecified atom stereocenters. The van der Waals surface area contributed by atoms with Gasteiger partial charge in [-0.1, -0.05) is 54.6 Å². The van der Waals surface area contributed by atoms with Gasteiger partial charge in [-0.15, -0.1) is 11.6 Å². The van der Waals surface area contributed by atoms with Crippen molar-refractivity contribution < 1.29 is 9.18 Å². The first-order chi connectivity index (χ1) is 13.6. The van der Waals surface area contributed by atoms with Crippen LogP contribution in [0.25, 0.3) is 33.3 Å². The number of nitrogens with zero attached hydrogens (tertiary/aromatic N) is 1. The highest BCUT2D eigenvalue weighted by Gasteiger charge is 2.15. The molecule has 1 amide bonds. The average molecular weight is 391 g/mol. The number of amides is 1. The molecule has 28 heavy (non-hydrogen) atoms. The number of alkyl halides is 1. The molecule has 0 radical (unpaired) electrons. The maximum atomic E-state index is 14.3. The van der Waals surface area contributed by atoms with Crippen molar-refractivity contribution in [1.29, 1.82) is 0 Å². The number of aromatic nitrogens is 1. The minimum Gasteiger partial charge on any atom is -0.366 e. The van der Waals surface area contributed by atoms with Gasteiger partial charge in [-0.05, 0) is 29.3 Å². The maximum Gasteiger partial charge on any atom is 0.251 e. The lowest BCUT2D eigenvalue weighted by molar-refractivity contribution is 0.0996. The molecule has 4 rings (SSSR count). The summed E-state index contributed by atoms with van der Waals surface area (Å²) >= 11 is 5.90. The van der Waals surface area contributed by atoms with Gasteiger partial charge in [0.05, 0.1) is 16.8 Å². The van der Waals surface area contributed by atoms with Crippen molar-refractivity contribution in [3.05, 3.63) is 89.7 Å². The largest absolute Gasteiger partial charge is 0.366 e. The van der Waals surface area contributed by atoms with E-state index in [1.165, 1.54) is 12.1 Å². The molecule has 4 aromatic rings. The number of primary amides is 1. The van der Waals surface area contributed by atoms with E-state index in [9.17, 15) is 9.18 Å². The fraction of sp³-hybridized carbons (Fsp3) is 0.0435. The highest BCUT2D eigenvalue weighted by molar-refractivity contribution is 6.17. The molecule has 3 nitrogen and oxygen atoms in total. The van der Waals surface area contributed by atoms with E-state index in [1.807, 2.05) is 60.7 Å². The number of hydrogen-bond donors (Lipinski definition) is 1. The molecule has 0 aliphatic carbocycles. The van der Waals surface area contributed by atoms with Crippen LogP contribution in [0, 0.1) is 5.82 Å². The van der Waals surface area contributed by atoms with Crippen LogP contribution in [0.15, 0.2) is 72.8 Å². The first-order valence-corrected chi connectivity index (χ1v) is 9.25. The number of rotatable bonds is 4. The van der Waals surface area contributed by atoms with Crippen LogP contribution >= 0.6 is 11.6 Å². The summed E-state index contributed by atoms with van der Waals surface area (Å²) in [5, 5.41) is 0.600. The van der Waals surface area contributed by atoms with Crippen LogP contribution < -0.4 is 5.73 Å². The summed E-state index contributed by atoms with van der Waals surface area (Å²) in [5.74, 6) is -1.04. The van der Waals surface area contributed by atoms with E-state index in [1.54, 1.807) is 0 Å². The number of carbonyl (C=O) groups excluding carboxylic acids is 1. The normalized spacial score (nSPS) is 10.9. The van der Waals surface area contributed by atoms with Crippen LogP contribution in [0.1, 0.15) is 15.9 Å². The Kier molecular flexibility index (Phi) is 4.80. The monoisotopic (exact) mass is 390 g/mol. The van der Waals surface area contributed by atoms with Crippen molar-refractivity contribution in [2.75, 3.05) is 0 Å². The van der Waals surface area contributed by atoms with Crippen molar-refractivity contribution >= 4 is 28.4 Å². The third-order valence-electron chi connectivity index (χ3n) is 4.64. The van der Waals surface area contributed by atoms with E-state index in [-0.39, 0.29) is 5.56 Å². The highest BCUT2D eigenvalue weighted by Crippen LogP contribution is 2.34. The van der Waals surface area contributed by atoms with Gasteiger partial charge in [0.25, 0.3) is 5.91 Å². The van der Waals surface area contributed by atoms with Crippen LogP contribution in [-0.4, -0.2) is 10.9 Å². The second-order valence-corrected chi connectivity index (χ2v) is 6.74. The van der Waals surface area contributed by atoms with E-state index in [0.717, 1.165) is 27.9 Å². The van der Waals surface area contributed by atoms with Crippen molar-refractivity contribution in [1.82, 2.24) is 4.98 Å². The minimum atomic E-state index is -0.818. The van der Waals surface area contributed by atoms with E-state index in [0.29, 0.717) is 16.8 Å². The molecule has 2 N–H and O–H groups in total. The van der Waals surface area contributed by atoms with Gasteiger partial charge in [-0.2, -0.15) is 0 Å². The van der Waals surface area contributed by atoms with Gasteiger partial charge in [0.2, 0.25) is 0 Å². The van der Waals surface area contributed by atoms with Crippen LogP contribution in [0.3, 0.4) is 0 Å². The smallest absolute Gasteiger partial charge is 0.251 e. The first kappa shape index (κ1) is 18.1. The van der Waals surface area contributed by atoms with Crippen LogP contribution in [-0.2, 0) is 5.88 Å². The molecular formula is C23H16ClFN2O. The molecule has 1 heterocycles. The summed E-state index contributed by atoms with van der Waals surface area (Å²) in [4.78, 5) is 16.3. The third kappa shape index (κ3) is 3.35. The molecule has 0 saturated heterocycles. The molecule has 0 fully saturated rings. The lowest BCUT2D eigenvalue weighted by atomic mass is 9.96. The summed E-state index contributed by atoms with van der Waals surface area (Å²) in [6.07, 6.45) is 0. The van der Waals surface area contributed by atoms with Crippen molar-refractivity contribution in [3.8, 4) is 22.4 Å². The number of pyridine rings is 1. The number of nitrogens with two attached hydrogens (primary N) is 1. The van der Waals surface area contributed by atoms with Gasteiger partial charge in [0.1, 0.15) is 5.82 Å². The first-order valence-electron chi connectivity index (χ1n) is 8.71. The zero-order valence-electron chi connectivity index (χ0n) is 14.8. The number of carbonyl (C=O) groups is 1. The fourth-order valence-corrected chi connectivity index (χ4v) is 3.37. The molecule has 0 saturated carbocycles. The Morgan fingerprint density at radius 2 is 1.68 bits per heavy atom. The SMILES string of the molecule is NC(=O)c1cc2nc(-c3ccc(CCl)cc3)c(-c3ccccc3)cc2cc1F. The Morgan fingerprint density at radius 3 is 2.32 bits per heavy atom. The van der Waals surface area contributed by atoms with Crippen LogP contribution in [0.4, 0.5) is 4.39 Å². The molecule has 0 bridgehead atoms. The molecule has 1 aromatic heterocycles. The summed E-state index contributed by atoms with van der Waals surface area (Å²) in [5.41, 5.74) is 10.1. The van der Waals surface area contributed by atoms with Gasteiger partial charge in [-0.3, -0.25) is 4.79 Å². The van der Waals surface area contributed by atoms with Crippen molar-refractivity contribution in [3.63, 3.8) is 0 Å². The Bertz CT molecular complexity index is 1170. The molecule has 0 aliphatic heterocycles. The number of fused-ring (bicyclic) bond motifs is 1. The quantitative estimate of drug-likeness (QED) is 0.465. The van der Waals surface area contributed by atoms with Crippen LogP contribution in [0.5, 0.6) is 0 Å². The Balaban J connectivity index is 2.00. The average Bonchev–Trinajstić information content (AvgIpc) is 2.73.